The highest BCUT2D eigenvalue weighted by atomic mass is 35.5. The Morgan fingerprint density at radius 1 is 1.17 bits per heavy atom. The standard InChI is InChI=1S/C13H16N2O2.ClH/c1-14-6-13(7-14)8-15(9-13)11-4-2-10(3-5-11)12(16)17;/h2-5H,6-9H2,1H3,(H,16,17);1H. The van der Waals surface area contributed by atoms with Crippen LogP contribution < -0.4 is 4.90 Å². The number of nitrogens with zero attached hydrogens (tertiary/aromatic N) is 2. The first kappa shape index (κ1) is 13.2. The normalized spacial score (nSPS) is 20.8. The van der Waals surface area contributed by atoms with Crippen LogP contribution in [0.2, 0.25) is 0 Å². The molecule has 2 aliphatic rings. The molecule has 98 valence electrons. The van der Waals surface area contributed by atoms with E-state index >= 15 is 0 Å². The van der Waals surface area contributed by atoms with Gasteiger partial charge in [0.05, 0.1) is 5.56 Å². The van der Waals surface area contributed by atoms with Crippen molar-refractivity contribution < 1.29 is 9.90 Å². The summed E-state index contributed by atoms with van der Waals surface area (Å²) in [5, 5.41) is 8.83. The van der Waals surface area contributed by atoms with Crippen molar-refractivity contribution >= 4 is 24.1 Å². The van der Waals surface area contributed by atoms with Crippen molar-refractivity contribution in [1.82, 2.24) is 4.90 Å². The monoisotopic (exact) mass is 268 g/mol. The number of carboxylic acids is 1. The van der Waals surface area contributed by atoms with Gasteiger partial charge < -0.3 is 14.9 Å². The third-order valence-corrected chi connectivity index (χ3v) is 3.74. The van der Waals surface area contributed by atoms with Gasteiger partial charge in [0.2, 0.25) is 0 Å². The lowest BCUT2D eigenvalue weighted by Gasteiger charge is -2.60. The van der Waals surface area contributed by atoms with Gasteiger partial charge >= 0.3 is 5.97 Å². The molecule has 2 fully saturated rings. The average molecular weight is 269 g/mol. The van der Waals surface area contributed by atoms with E-state index in [4.69, 9.17) is 5.11 Å². The highest BCUT2D eigenvalue weighted by molar-refractivity contribution is 5.88. The molecule has 0 aromatic heterocycles. The Bertz CT molecular complexity index is 447. The largest absolute Gasteiger partial charge is 0.478 e. The lowest BCUT2D eigenvalue weighted by molar-refractivity contribution is -0.00239. The smallest absolute Gasteiger partial charge is 0.335 e. The zero-order valence-corrected chi connectivity index (χ0v) is 11.1. The molecule has 0 unspecified atom stereocenters. The molecule has 1 N–H and O–H groups in total. The van der Waals surface area contributed by atoms with E-state index in [-0.39, 0.29) is 12.4 Å². The van der Waals surface area contributed by atoms with Crippen molar-refractivity contribution in [1.29, 1.82) is 0 Å². The molecule has 2 heterocycles. The Hall–Kier alpha value is -1.26. The maximum Gasteiger partial charge on any atom is 0.335 e. The molecule has 1 spiro atoms. The molecule has 2 saturated heterocycles. The van der Waals surface area contributed by atoms with Crippen LogP contribution in [0.25, 0.3) is 0 Å². The number of halogens is 1. The van der Waals surface area contributed by atoms with Gasteiger partial charge in [-0.3, -0.25) is 0 Å². The Morgan fingerprint density at radius 2 is 1.72 bits per heavy atom. The van der Waals surface area contributed by atoms with Gasteiger partial charge in [0, 0.05) is 37.3 Å². The molecule has 0 amide bonds. The van der Waals surface area contributed by atoms with Crippen molar-refractivity contribution in [3.05, 3.63) is 29.8 Å². The first-order valence-corrected chi connectivity index (χ1v) is 5.85. The van der Waals surface area contributed by atoms with Crippen molar-refractivity contribution in [3.8, 4) is 0 Å². The summed E-state index contributed by atoms with van der Waals surface area (Å²) in [7, 11) is 2.15. The van der Waals surface area contributed by atoms with E-state index in [0.29, 0.717) is 11.0 Å². The van der Waals surface area contributed by atoms with Crippen molar-refractivity contribution in [2.45, 2.75) is 0 Å². The summed E-state index contributed by atoms with van der Waals surface area (Å²) < 4.78 is 0. The lowest BCUT2D eigenvalue weighted by atomic mass is 9.73. The Morgan fingerprint density at radius 3 is 2.17 bits per heavy atom. The summed E-state index contributed by atoms with van der Waals surface area (Å²) >= 11 is 0. The summed E-state index contributed by atoms with van der Waals surface area (Å²) in [4.78, 5) is 15.4. The minimum absolute atomic E-state index is 0. The number of rotatable bonds is 2. The first-order valence-electron chi connectivity index (χ1n) is 5.85. The number of hydrogen-bond acceptors (Lipinski definition) is 3. The molecule has 1 aromatic rings. The van der Waals surface area contributed by atoms with Crippen LogP contribution >= 0.6 is 12.4 Å². The van der Waals surface area contributed by atoms with Gasteiger partial charge in [-0.25, -0.2) is 4.79 Å². The van der Waals surface area contributed by atoms with Crippen LogP contribution in [0.1, 0.15) is 10.4 Å². The van der Waals surface area contributed by atoms with E-state index in [0.717, 1.165) is 18.8 Å². The van der Waals surface area contributed by atoms with E-state index in [2.05, 4.69) is 16.8 Å². The van der Waals surface area contributed by atoms with E-state index < -0.39 is 5.97 Å². The number of aromatic carboxylic acids is 1. The zero-order valence-electron chi connectivity index (χ0n) is 10.3. The summed E-state index contributed by atoms with van der Waals surface area (Å²) in [6, 6.07) is 7.16. The summed E-state index contributed by atoms with van der Waals surface area (Å²) in [5.41, 5.74) is 2.00. The molecule has 0 bridgehead atoms. The van der Waals surface area contributed by atoms with Crippen LogP contribution in [-0.4, -0.2) is 49.2 Å². The number of benzene rings is 1. The molecule has 1 aromatic carbocycles. The molecule has 5 heteroatoms. The van der Waals surface area contributed by atoms with Gasteiger partial charge in [0.25, 0.3) is 0 Å². The van der Waals surface area contributed by atoms with Crippen molar-refractivity contribution in [2.75, 3.05) is 38.1 Å². The second-order valence-corrected chi connectivity index (χ2v) is 5.38. The topological polar surface area (TPSA) is 43.8 Å². The van der Waals surface area contributed by atoms with Gasteiger partial charge in [-0.05, 0) is 31.3 Å². The van der Waals surface area contributed by atoms with E-state index in [1.54, 1.807) is 12.1 Å². The Kier molecular flexibility index (Phi) is 3.25. The highest BCUT2D eigenvalue weighted by Gasteiger charge is 2.50. The second kappa shape index (κ2) is 4.44. The molecule has 0 radical (unpaired) electrons. The molecule has 4 nitrogen and oxygen atoms in total. The molecule has 2 aliphatic heterocycles. The number of likely N-dealkylation sites (tertiary alicyclic amines) is 1. The van der Waals surface area contributed by atoms with E-state index in [1.807, 2.05) is 12.1 Å². The quantitative estimate of drug-likeness (QED) is 0.884. The fourth-order valence-electron chi connectivity index (χ4n) is 3.06. The molecule has 3 rings (SSSR count). The predicted octanol–water partition coefficient (Wildman–Crippen LogP) is 1.56. The van der Waals surface area contributed by atoms with Gasteiger partial charge in [-0.1, -0.05) is 0 Å². The number of anilines is 1. The number of carboxylic acid groups (broad SMARTS) is 1. The average Bonchev–Trinajstić information content (AvgIpc) is 2.21. The van der Waals surface area contributed by atoms with Gasteiger partial charge in [0.15, 0.2) is 0 Å². The first-order chi connectivity index (χ1) is 8.08. The van der Waals surface area contributed by atoms with Crippen LogP contribution in [0, 0.1) is 5.41 Å². The number of carbonyl (C=O) groups is 1. The summed E-state index contributed by atoms with van der Waals surface area (Å²) in [6.07, 6.45) is 0. The van der Waals surface area contributed by atoms with Crippen LogP contribution in [0.4, 0.5) is 5.69 Å². The fraction of sp³-hybridized carbons (Fsp3) is 0.462. The molecule has 0 atom stereocenters. The van der Waals surface area contributed by atoms with Crippen molar-refractivity contribution in [3.63, 3.8) is 0 Å². The van der Waals surface area contributed by atoms with Crippen LogP contribution in [0.15, 0.2) is 24.3 Å². The molecule has 0 aliphatic carbocycles. The highest BCUT2D eigenvalue weighted by Crippen LogP contribution is 2.40. The number of hydrogen-bond donors (Lipinski definition) is 1. The molecule has 18 heavy (non-hydrogen) atoms. The third kappa shape index (κ3) is 2.06. The molecular formula is C13H17ClN2O2. The molecule has 0 saturated carbocycles. The minimum Gasteiger partial charge on any atom is -0.478 e. The zero-order chi connectivity index (χ0) is 12.0. The van der Waals surface area contributed by atoms with Gasteiger partial charge in [-0.15, -0.1) is 12.4 Å². The van der Waals surface area contributed by atoms with E-state index in [9.17, 15) is 4.79 Å². The molecular weight excluding hydrogens is 252 g/mol. The maximum absolute atomic E-state index is 10.7. The van der Waals surface area contributed by atoms with Crippen LogP contribution in [0.3, 0.4) is 0 Å². The van der Waals surface area contributed by atoms with Crippen LogP contribution in [-0.2, 0) is 0 Å². The van der Waals surface area contributed by atoms with Gasteiger partial charge in [-0.2, -0.15) is 0 Å². The van der Waals surface area contributed by atoms with E-state index in [1.165, 1.54) is 13.1 Å². The summed E-state index contributed by atoms with van der Waals surface area (Å²) in [6.45, 7) is 4.58. The second-order valence-electron chi connectivity index (χ2n) is 5.38. The van der Waals surface area contributed by atoms with Gasteiger partial charge in [0.1, 0.15) is 0 Å². The fourth-order valence-corrected chi connectivity index (χ4v) is 3.06. The summed E-state index contributed by atoms with van der Waals surface area (Å²) in [5.74, 6) is -0.864. The predicted molar refractivity (Wildman–Crippen MR) is 72.8 cm³/mol. The van der Waals surface area contributed by atoms with Crippen molar-refractivity contribution in [2.24, 2.45) is 5.41 Å². The third-order valence-electron chi connectivity index (χ3n) is 3.74. The van der Waals surface area contributed by atoms with Crippen LogP contribution in [0.5, 0.6) is 0 Å². The Labute approximate surface area is 113 Å². The minimum atomic E-state index is -0.864. The lowest BCUT2D eigenvalue weighted by Crippen LogP contribution is -2.71. The Balaban J connectivity index is 0.00000120. The SMILES string of the molecule is CN1CC2(C1)CN(c1ccc(C(=O)O)cc1)C2.Cl. The maximum atomic E-state index is 10.7.